The van der Waals surface area contributed by atoms with Gasteiger partial charge >= 0.3 is 0 Å². The third-order valence-electron chi connectivity index (χ3n) is 2.91. The van der Waals surface area contributed by atoms with Crippen LogP contribution in [0.25, 0.3) is 10.1 Å². The Morgan fingerprint density at radius 1 is 1.37 bits per heavy atom. The average molecular weight is 292 g/mol. The number of benzene rings is 1. The maximum atomic E-state index is 12.2. The van der Waals surface area contributed by atoms with Crippen LogP contribution in [-0.4, -0.2) is 16.9 Å². The van der Waals surface area contributed by atoms with Gasteiger partial charge in [0.2, 0.25) is 0 Å². The molecule has 1 heterocycles. The molecule has 0 aliphatic rings. The van der Waals surface area contributed by atoms with Crippen LogP contribution in [0.2, 0.25) is 0 Å². The summed E-state index contributed by atoms with van der Waals surface area (Å²) in [5, 5.41) is 3.98. The van der Waals surface area contributed by atoms with E-state index in [1.165, 1.54) is 11.3 Å². The molecular formula is C14H16N2OS2. The largest absolute Gasteiger partial charge is 0.392 e. The van der Waals surface area contributed by atoms with Crippen molar-refractivity contribution in [3.63, 3.8) is 0 Å². The Morgan fingerprint density at radius 2 is 2.05 bits per heavy atom. The first kappa shape index (κ1) is 14.0. The highest BCUT2D eigenvalue weighted by molar-refractivity contribution is 7.80. The van der Waals surface area contributed by atoms with Crippen molar-refractivity contribution in [1.29, 1.82) is 0 Å². The van der Waals surface area contributed by atoms with E-state index in [1.807, 2.05) is 44.2 Å². The summed E-state index contributed by atoms with van der Waals surface area (Å²) in [4.78, 5) is 13.2. The highest BCUT2D eigenvalue weighted by atomic mass is 32.1. The fourth-order valence-electron chi connectivity index (χ4n) is 1.87. The van der Waals surface area contributed by atoms with Crippen molar-refractivity contribution in [3.05, 3.63) is 35.2 Å². The van der Waals surface area contributed by atoms with Gasteiger partial charge in [-0.05, 0) is 23.4 Å². The first-order valence-corrected chi connectivity index (χ1v) is 7.30. The van der Waals surface area contributed by atoms with Gasteiger partial charge in [0, 0.05) is 4.70 Å². The summed E-state index contributed by atoms with van der Waals surface area (Å²) in [5.41, 5.74) is 5.66. The number of thiophene rings is 1. The van der Waals surface area contributed by atoms with Crippen molar-refractivity contribution < 1.29 is 4.79 Å². The molecule has 3 N–H and O–H groups in total. The lowest BCUT2D eigenvalue weighted by atomic mass is 10.0. The molecule has 2 aromatic rings. The maximum absolute atomic E-state index is 12.2. The summed E-state index contributed by atoms with van der Waals surface area (Å²) in [5.74, 6) is 0.0588. The van der Waals surface area contributed by atoms with Gasteiger partial charge in [0.05, 0.1) is 15.9 Å². The zero-order chi connectivity index (χ0) is 14.0. The van der Waals surface area contributed by atoms with Gasteiger partial charge in [0.25, 0.3) is 5.91 Å². The third kappa shape index (κ3) is 3.11. The van der Waals surface area contributed by atoms with Gasteiger partial charge in [0.15, 0.2) is 0 Å². The number of carbonyl (C=O) groups is 1. The molecule has 3 nitrogen and oxygen atoms in total. The fourth-order valence-corrected chi connectivity index (χ4v) is 3.17. The molecule has 1 aromatic heterocycles. The normalized spacial score (nSPS) is 12.6. The number of nitrogens with two attached hydrogens (primary N) is 1. The van der Waals surface area contributed by atoms with E-state index in [1.54, 1.807) is 0 Å². The smallest absolute Gasteiger partial charge is 0.261 e. The van der Waals surface area contributed by atoms with Gasteiger partial charge < -0.3 is 11.1 Å². The van der Waals surface area contributed by atoms with Gasteiger partial charge in [-0.15, -0.1) is 11.3 Å². The van der Waals surface area contributed by atoms with Crippen LogP contribution < -0.4 is 11.1 Å². The second-order valence-corrected chi connectivity index (χ2v) is 6.30. The van der Waals surface area contributed by atoms with E-state index in [9.17, 15) is 4.79 Å². The monoisotopic (exact) mass is 292 g/mol. The molecule has 2 rings (SSSR count). The van der Waals surface area contributed by atoms with E-state index in [0.717, 1.165) is 10.1 Å². The van der Waals surface area contributed by atoms with Gasteiger partial charge in [-0.1, -0.05) is 44.3 Å². The second-order valence-electron chi connectivity index (χ2n) is 4.75. The summed E-state index contributed by atoms with van der Waals surface area (Å²) in [6.45, 7) is 3.96. The van der Waals surface area contributed by atoms with Crippen LogP contribution in [0.1, 0.15) is 23.5 Å². The number of fused-ring (bicyclic) bond motifs is 1. The molecule has 19 heavy (non-hydrogen) atoms. The molecule has 0 saturated carbocycles. The van der Waals surface area contributed by atoms with Gasteiger partial charge in [-0.2, -0.15) is 0 Å². The molecule has 0 saturated heterocycles. The van der Waals surface area contributed by atoms with Crippen LogP contribution in [0, 0.1) is 5.92 Å². The number of nitrogens with one attached hydrogen (secondary N) is 1. The van der Waals surface area contributed by atoms with E-state index in [0.29, 0.717) is 9.87 Å². The highest BCUT2D eigenvalue weighted by Crippen LogP contribution is 2.25. The zero-order valence-electron chi connectivity index (χ0n) is 10.8. The molecule has 0 aliphatic heterocycles. The first-order chi connectivity index (χ1) is 8.99. The van der Waals surface area contributed by atoms with Crippen molar-refractivity contribution >= 4 is 44.5 Å². The fraction of sp³-hybridized carbons (Fsp3) is 0.286. The van der Waals surface area contributed by atoms with Crippen LogP contribution >= 0.6 is 23.6 Å². The Kier molecular flexibility index (Phi) is 4.17. The second kappa shape index (κ2) is 5.67. The Balaban J connectivity index is 2.21. The summed E-state index contributed by atoms with van der Waals surface area (Å²) in [6.07, 6.45) is 0. The van der Waals surface area contributed by atoms with Gasteiger partial charge in [-0.25, -0.2) is 0 Å². The summed E-state index contributed by atoms with van der Waals surface area (Å²) in [7, 11) is 0. The van der Waals surface area contributed by atoms with Crippen molar-refractivity contribution in [2.45, 2.75) is 19.9 Å². The number of hydrogen-bond donors (Lipinski definition) is 2. The van der Waals surface area contributed by atoms with Crippen LogP contribution in [0.5, 0.6) is 0 Å². The van der Waals surface area contributed by atoms with Crippen LogP contribution in [0.15, 0.2) is 30.3 Å². The Hall–Kier alpha value is -1.46. The lowest BCUT2D eigenvalue weighted by Gasteiger charge is -2.20. The number of carbonyl (C=O) groups excluding carboxylic acids is 1. The van der Waals surface area contributed by atoms with E-state index in [-0.39, 0.29) is 17.9 Å². The van der Waals surface area contributed by atoms with E-state index in [4.69, 9.17) is 18.0 Å². The van der Waals surface area contributed by atoms with Crippen molar-refractivity contribution in [3.8, 4) is 0 Å². The van der Waals surface area contributed by atoms with E-state index < -0.39 is 0 Å². The predicted molar refractivity (Wildman–Crippen MR) is 84.7 cm³/mol. The highest BCUT2D eigenvalue weighted by Gasteiger charge is 2.20. The molecule has 0 fully saturated rings. The van der Waals surface area contributed by atoms with Crippen LogP contribution in [0.4, 0.5) is 0 Å². The minimum Gasteiger partial charge on any atom is -0.392 e. The van der Waals surface area contributed by atoms with Crippen molar-refractivity contribution in [1.82, 2.24) is 5.32 Å². The lowest BCUT2D eigenvalue weighted by molar-refractivity contribution is 0.0944. The molecule has 0 spiro atoms. The first-order valence-electron chi connectivity index (χ1n) is 6.08. The van der Waals surface area contributed by atoms with E-state index in [2.05, 4.69) is 5.32 Å². The Morgan fingerprint density at radius 3 is 2.63 bits per heavy atom. The third-order valence-corrected chi connectivity index (χ3v) is 4.28. The maximum Gasteiger partial charge on any atom is 0.261 e. The molecule has 0 aliphatic carbocycles. The minimum atomic E-state index is -0.271. The quantitative estimate of drug-likeness (QED) is 0.852. The number of hydrogen-bond acceptors (Lipinski definition) is 3. The van der Waals surface area contributed by atoms with Gasteiger partial charge in [0.1, 0.15) is 0 Å². The molecule has 1 aromatic carbocycles. The Labute approximate surface area is 121 Å². The lowest BCUT2D eigenvalue weighted by Crippen LogP contribution is -2.46. The molecule has 1 amide bonds. The summed E-state index contributed by atoms with van der Waals surface area (Å²) < 4.78 is 1.10. The van der Waals surface area contributed by atoms with Gasteiger partial charge in [-0.3, -0.25) is 4.79 Å². The number of thiocarbonyl (C=S) groups is 1. The average Bonchev–Trinajstić information content (AvgIpc) is 2.78. The number of amides is 1. The SMILES string of the molecule is CC(C)C(NC(=O)c1cc2ccccc2s1)C(N)=S. The topological polar surface area (TPSA) is 55.1 Å². The molecular weight excluding hydrogens is 276 g/mol. The molecule has 5 heteroatoms. The summed E-state index contributed by atoms with van der Waals surface area (Å²) >= 11 is 6.47. The molecule has 1 atom stereocenters. The Bertz CT molecular complexity index is 586. The van der Waals surface area contributed by atoms with E-state index >= 15 is 0 Å². The standard InChI is InChI=1S/C14H16N2OS2/c1-8(2)12(13(15)18)16-14(17)11-7-9-5-3-4-6-10(9)19-11/h3-8,12H,1-2H3,(H2,15,18)(H,16,17). The van der Waals surface area contributed by atoms with Crippen LogP contribution in [0.3, 0.4) is 0 Å². The molecule has 0 radical (unpaired) electrons. The summed E-state index contributed by atoms with van der Waals surface area (Å²) in [6, 6.07) is 9.55. The molecule has 1 unspecified atom stereocenters. The molecule has 0 bridgehead atoms. The van der Waals surface area contributed by atoms with Crippen molar-refractivity contribution in [2.24, 2.45) is 11.7 Å². The molecule has 100 valence electrons. The minimum absolute atomic E-state index is 0.118. The predicted octanol–water partition coefficient (Wildman–Crippen LogP) is 2.94. The zero-order valence-corrected chi connectivity index (χ0v) is 12.5. The number of rotatable bonds is 4. The van der Waals surface area contributed by atoms with Crippen LogP contribution in [-0.2, 0) is 0 Å². The van der Waals surface area contributed by atoms with Crippen molar-refractivity contribution in [2.75, 3.05) is 0 Å².